The van der Waals surface area contributed by atoms with Crippen molar-refractivity contribution < 1.29 is 14.7 Å². The SMILES string of the molecule is Cc1nc(C(=O)Nc2cccc(C(=O)O)c2)cs1. The molecule has 0 radical (unpaired) electrons. The molecule has 0 aliphatic heterocycles. The Morgan fingerprint density at radius 3 is 2.78 bits per heavy atom. The molecule has 6 heteroatoms. The molecule has 0 aliphatic carbocycles. The average Bonchev–Trinajstić information content (AvgIpc) is 2.76. The lowest BCUT2D eigenvalue weighted by Crippen LogP contribution is -2.12. The van der Waals surface area contributed by atoms with E-state index < -0.39 is 5.97 Å². The molecular formula is C12H10N2O3S. The number of hydrogen-bond acceptors (Lipinski definition) is 4. The van der Waals surface area contributed by atoms with Crippen molar-refractivity contribution in [3.05, 3.63) is 45.9 Å². The van der Waals surface area contributed by atoms with E-state index in [0.717, 1.165) is 5.01 Å². The maximum atomic E-state index is 11.8. The summed E-state index contributed by atoms with van der Waals surface area (Å²) in [6.07, 6.45) is 0. The molecule has 1 heterocycles. The second-order valence-corrected chi connectivity index (χ2v) is 4.65. The lowest BCUT2D eigenvalue weighted by atomic mass is 10.2. The highest BCUT2D eigenvalue weighted by Crippen LogP contribution is 2.13. The molecule has 5 nitrogen and oxygen atoms in total. The van der Waals surface area contributed by atoms with Crippen LogP contribution in [0.5, 0.6) is 0 Å². The highest BCUT2D eigenvalue weighted by atomic mass is 32.1. The van der Waals surface area contributed by atoms with Crippen LogP contribution in [-0.4, -0.2) is 22.0 Å². The number of thiazole rings is 1. The zero-order chi connectivity index (χ0) is 13.1. The molecule has 0 saturated heterocycles. The maximum absolute atomic E-state index is 11.8. The van der Waals surface area contributed by atoms with Crippen molar-refractivity contribution >= 4 is 28.9 Å². The van der Waals surface area contributed by atoms with Gasteiger partial charge in [-0.2, -0.15) is 0 Å². The van der Waals surface area contributed by atoms with Crippen molar-refractivity contribution in [1.82, 2.24) is 4.98 Å². The van der Waals surface area contributed by atoms with Gasteiger partial charge in [-0.05, 0) is 25.1 Å². The third-order valence-corrected chi connectivity index (χ3v) is 2.99. The van der Waals surface area contributed by atoms with Gasteiger partial charge in [-0.3, -0.25) is 4.79 Å². The van der Waals surface area contributed by atoms with E-state index in [1.165, 1.54) is 23.5 Å². The number of carboxylic acid groups (broad SMARTS) is 1. The Labute approximate surface area is 107 Å². The van der Waals surface area contributed by atoms with Gasteiger partial charge in [0.1, 0.15) is 5.69 Å². The van der Waals surface area contributed by atoms with Gasteiger partial charge in [-0.1, -0.05) is 6.07 Å². The lowest BCUT2D eigenvalue weighted by molar-refractivity contribution is 0.0696. The minimum absolute atomic E-state index is 0.127. The first-order chi connectivity index (χ1) is 8.56. The molecule has 0 saturated carbocycles. The molecular weight excluding hydrogens is 252 g/mol. The van der Waals surface area contributed by atoms with Crippen LogP contribution in [0.3, 0.4) is 0 Å². The number of carbonyl (C=O) groups is 2. The molecule has 2 rings (SSSR count). The van der Waals surface area contributed by atoms with Crippen LogP contribution in [-0.2, 0) is 0 Å². The van der Waals surface area contributed by atoms with Crippen LogP contribution in [0.25, 0.3) is 0 Å². The van der Waals surface area contributed by atoms with Gasteiger partial charge < -0.3 is 10.4 Å². The second kappa shape index (κ2) is 4.97. The summed E-state index contributed by atoms with van der Waals surface area (Å²) < 4.78 is 0. The monoisotopic (exact) mass is 262 g/mol. The molecule has 0 aliphatic rings. The van der Waals surface area contributed by atoms with Gasteiger partial charge in [0.15, 0.2) is 0 Å². The minimum Gasteiger partial charge on any atom is -0.478 e. The highest BCUT2D eigenvalue weighted by Gasteiger charge is 2.10. The van der Waals surface area contributed by atoms with Crippen molar-refractivity contribution in [3.63, 3.8) is 0 Å². The highest BCUT2D eigenvalue weighted by molar-refractivity contribution is 7.09. The third-order valence-electron chi connectivity index (χ3n) is 2.22. The molecule has 0 spiro atoms. The van der Waals surface area contributed by atoms with E-state index in [1.54, 1.807) is 17.5 Å². The molecule has 1 aromatic carbocycles. The van der Waals surface area contributed by atoms with Crippen molar-refractivity contribution in [2.45, 2.75) is 6.92 Å². The Hall–Kier alpha value is -2.21. The standard InChI is InChI=1S/C12H10N2O3S/c1-7-13-10(6-18-7)11(15)14-9-4-2-3-8(5-9)12(16)17/h2-6H,1H3,(H,14,15)(H,16,17). The summed E-state index contributed by atoms with van der Waals surface area (Å²) in [7, 11) is 0. The largest absolute Gasteiger partial charge is 0.478 e. The summed E-state index contributed by atoms with van der Waals surface area (Å²) >= 11 is 1.39. The number of nitrogens with zero attached hydrogens (tertiary/aromatic N) is 1. The number of carboxylic acids is 1. The van der Waals surface area contributed by atoms with Gasteiger partial charge in [-0.25, -0.2) is 9.78 Å². The van der Waals surface area contributed by atoms with Gasteiger partial charge in [-0.15, -0.1) is 11.3 Å². The van der Waals surface area contributed by atoms with Crippen LogP contribution < -0.4 is 5.32 Å². The number of aromatic carboxylic acids is 1. The predicted octanol–water partition coefficient (Wildman–Crippen LogP) is 2.40. The molecule has 0 bridgehead atoms. The fourth-order valence-corrected chi connectivity index (χ4v) is 1.99. The average molecular weight is 262 g/mol. The normalized spacial score (nSPS) is 10.1. The van der Waals surface area contributed by atoms with E-state index in [-0.39, 0.29) is 11.5 Å². The lowest BCUT2D eigenvalue weighted by Gasteiger charge is -2.03. The summed E-state index contributed by atoms with van der Waals surface area (Å²) in [5, 5.41) is 13.9. The Morgan fingerprint density at radius 1 is 1.39 bits per heavy atom. The van der Waals surface area contributed by atoms with E-state index in [2.05, 4.69) is 10.3 Å². The smallest absolute Gasteiger partial charge is 0.335 e. The summed E-state index contributed by atoms with van der Waals surface area (Å²) in [5.41, 5.74) is 0.894. The van der Waals surface area contributed by atoms with Crippen LogP contribution in [0.15, 0.2) is 29.6 Å². The number of rotatable bonds is 3. The molecule has 18 heavy (non-hydrogen) atoms. The Bertz CT molecular complexity index is 607. The fraction of sp³-hybridized carbons (Fsp3) is 0.0833. The molecule has 1 aromatic heterocycles. The number of amides is 1. The fourth-order valence-electron chi connectivity index (χ4n) is 1.39. The topological polar surface area (TPSA) is 79.3 Å². The van der Waals surface area contributed by atoms with Crippen LogP contribution >= 0.6 is 11.3 Å². The molecule has 1 amide bonds. The first-order valence-corrected chi connectivity index (χ1v) is 6.01. The molecule has 0 fully saturated rings. The number of hydrogen-bond donors (Lipinski definition) is 2. The zero-order valence-electron chi connectivity index (χ0n) is 9.51. The van der Waals surface area contributed by atoms with E-state index in [9.17, 15) is 9.59 Å². The van der Waals surface area contributed by atoms with Gasteiger partial charge in [0.05, 0.1) is 10.6 Å². The first-order valence-electron chi connectivity index (χ1n) is 5.13. The van der Waals surface area contributed by atoms with E-state index in [4.69, 9.17) is 5.11 Å². The van der Waals surface area contributed by atoms with E-state index in [1.807, 2.05) is 6.92 Å². The number of carbonyl (C=O) groups excluding carboxylic acids is 1. The van der Waals surface area contributed by atoms with Crippen molar-refractivity contribution in [2.75, 3.05) is 5.32 Å². The minimum atomic E-state index is -1.03. The Balaban J connectivity index is 2.16. The van der Waals surface area contributed by atoms with Gasteiger partial charge in [0.25, 0.3) is 5.91 Å². The summed E-state index contributed by atoms with van der Waals surface area (Å²) in [5.74, 6) is -1.38. The number of aryl methyl sites for hydroxylation is 1. The van der Waals surface area contributed by atoms with Gasteiger partial charge in [0.2, 0.25) is 0 Å². The Morgan fingerprint density at radius 2 is 2.17 bits per heavy atom. The Kier molecular flexibility index (Phi) is 3.38. The molecule has 2 N–H and O–H groups in total. The number of nitrogens with one attached hydrogen (secondary N) is 1. The van der Waals surface area contributed by atoms with Gasteiger partial charge in [0, 0.05) is 11.1 Å². The second-order valence-electron chi connectivity index (χ2n) is 3.59. The summed E-state index contributed by atoms with van der Waals surface area (Å²) in [6, 6.07) is 6.07. The van der Waals surface area contributed by atoms with Crippen LogP contribution in [0.4, 0.5) is 5.69 Å². The first kappa shape index (κ1) is 12.3. The van der Waals surface area contributed by atoms with E-state index in [0.29, 0.717) is 11.4 Å². The van der Waals surface area contributed by atoms with E-state index >= 15 is 0 Å². The number of benzene rings is 1. The van der Waals surface area contributed by atoms with Gasteiger partial charge >= 0.3 is 5.97 Å². The van der Waals surface area contributed by atoms with Crippen molar-refractivity contribution in [2.24, 2.45) is 0 Å². The molecule has 0 atom stereocenters. The van der Waals surface area contributed by atoms with Crippen molar-refractivity contribution in [3.8, 4) is 0 Å². The predicted molar refractivity (Wildman–Crippen MR) is 68.2 cm³/mol. The molecule has 0 unspecified atom stereocenters. The number of anilines is 1. The van der Waals surface area contributed by atoms with Crippen LogP contribution in [0.2, 0.25) is 0 Å². The summed E-state index contributed by atoms with van der Waals surface area (Å²) in [4.78, 5) is 26.6. The quantitative estimate of drug-likeness (QED) is 0.890. The maximum Gasteiger partial charge on any atom is 0.335 e. The zero-order valence-corrected chi connectivity index (χ0v) is 10.3. The van der Waals surface area contributed by atoms with Crippen LogP contribution in [0.1, 0.15) is 25.9 Å². The third kappa shape index (κ3) is 2.72. The summed E-state index contributed by atoms with van der Waals surface area (Å²) in [6.45, 7) is 1.81. The van der Waals surface area contributed by atoms with Crippen LogP contribution in [0, 0.1) is 6.92 Å². The number of aromatic nitrogens is 1. The molecule has 2 aromatic rings. The van der Waals surface area contributed by atoms with Crippen molar-refractivity contribution in [1.29, 1.82) is 0 Å². The molecule has 92 valence electrons.